The summed E-state index contributed by atoms with van der Waals surface area (Å²) in [4.78, 5) is 27.7. The summed E-state index contributed by atoms with van der Waals surface area (Å²) in [5.41, 5.74) is 0.569. The number of amides is 1. The van der Waals surface area contributed by atoms with Crippen LogP contribution in [0.1, 0.15) is 10.5 Å². The number of nitrogens with zero attached hydrogens (tertiary/aromatic N) is 3. The van der Waals surface area contributed by atoms with Crippen molar-refractivity contribution in [1.82, 2.24) is 14.7 Å². The molecule has 138 valence electrons. The monoisotopic (exact) mass is 365 g/mol. The number of hydrogen-bond donors (Lipinski definition) is 0. The van der Waals surface area contributed by atoms with Crippen LogP contribution in [0.3, 0.4) is 0 Å². The Morgan fingerprint density at radius 3 is 2.37 bits per heavy atom. The Bertz CT molecular complexity index is 1040. The smallest absolute Gasteiger partial charge is 0.279 e. The predicted octanol–water partition coefficient (Wildman–Crippen LogP) is 1.87. The molecule has 1 fully saturated rings. The maximum atomic E-state index is 13.1. The van der Waals surface area contributed by atoms with Gasteiger partial charge in [0, 0.05) is 18.5 Å². The number of ether oxygens (including phenoxy) is 2. The number of carbonyl (C=O) groups excluding carboxylic acids is 1. The fourth-order valence-corrected chi connectivity index (χ4v) is 3.16. The van der Waals surface area contributed by atoms with Gasteiger partial charge in [0.2, 0.25) is 0 Å². The molecule has 0 spiro atoms. The molecule has 0 radical (unpaired) electrons. The molecule has 27 heavy (non-hydrogen) atoms. The number of hydrogen-bond acceptors (Lipinski definition) is 5. The minimum Gasteiger partial charge on any atom is -0.497 e. The lowest BCUT2D eigenvalue weighted by Crippen LogP contribution is -2.41. The summed E-state index contributed by atoms with van der Waals surface area (Å²) < 4.78 is 11.8. The molecule has 0 atom stereocenters. The van der Waals surface area contributed by atoms with Crippen LogP contribution in [-0.2, 0) is 4.74 Å². The molecule has 1 saturated heterocycles. The fraction of sp³-hybridized carbons (Fsp3) is 0.250. The van der Waals surface area contributed by atoms with Gasteiger partial charge in [0.25, 0.3) is 11.5 Å². The van der Waals surface area contributed by atoms with Gasteiger partial charge in [-0.3, -0.25) is 9.59 Å². The van der Waals surface area contributed by atoms with Gasteiger partial charge < -0.3 is 14.4 Å². The molecule has 2 heterocycles. The van der Waals surface area contributed by atoms with Crippen LogP contribution in [0.5, 0.6) is 5.75 Å². The molecule has 0 saturated carbocycles. The third-order valence-corrected chi connectivity index (χ3v) is 4.62. The second kappa shape index (κ2) is 7.20. The maximum absolute atomic E-state index is 13.1. The zero-order chi connectivity index (χ0) is 18.8. The Morgan fingerprint density at radius 1 is 1.04 bits per heavy atom. The Kier molecular flexibility index (Phi) is 4.60. The van der Waals surface area contributed by atoms with Crippen LogP contribution in [0.4, 0.5) is 0 Å². The van der Waals surface area contributed by atoms with E-state index in [0.717, 1.165) is 0 Å². The Balaban J connectivity index is 1.88. The van der Waals surface area contributed by atoms with Crippen molar-refractivity contribution in [3.8, 4) is 11.4 Å². The van der Waals surface area contributed by atoms with Crippen LogP contribution in [0.25, 0.3) is 16.5 Å². The summed E-state index contributed by atoms with van der Waals surface area (Å²) in [5.74, 6) is 0.481. The van der Waals surface area contributed by atoms with E-state index in [9.17, 15) is 9.59 Å². The molecule has 1 amide bonds. The highest BCUT2D eigenvalue weighted by atomic mass is 16.5. The lowest BCUT2D eigenvalue weighted by atomic mass is 10.1. The standard InChI is InChI=1S/C20H19N3O4/c1-26-15-8-6-14(7-9-15)23-19(24)17-5-3-2-4-16(17)18(21-23)20(25)22-10-12-27-13-11-22/h2-9H,10-13H2,1H3. The third kappa shape index (κ3) is 3.17. The molecule has 7 nitrogen and oxygen atoms in total. The highest BCUT2D eigenvalue weighted by Crippen LogP contribution is 2.19. The van der Waals surface area contributed by atoms with Crippen molar-refractivity contribution in [3.63, 3.8) is 0 Å². The first-order chi connectivity index (χ1) is 13.2. The summed E-state index contributed by atoms with van der Waals surface area (Å²) in [6.45, 7) is 2.02. The zero-order valence-electron chi connectivity index (χ0n) is 14.9. The van der Waals surface area contributed by atoms with E-state index in [0.29, 0.717) is 48.5 Å². The van der Waals surface area contributed by atoms with Crippen molar-refractivity contribution in [2.45, 2.75) is 0 Å². The molecule has 0 N–H and O–H groups in total. The van der Waals surface area contributed by atoms with E-state index in [1.54, 1.807) is 60.5 Å². The molecule has 4 rings (SSSR count). The van der Waals surface area contributed by atoms with Crippen LogP contribution in [-0.4, -0.2) is 54.0 Å². The van der Waals surface area contributed by atoms with Crippen molar-refractivity contribution in [3.05, 3.63) is 64.6 Å². The van der Waals surface area contributed by atoms with Gasteiger partial charge in [0.1, 0.15) is 5.75 Å². The SMILES string of the molecule is COc1ccc(-n2nc(C(=O)N3CCOCC3)c3ccccc3c2=O)cc1. The van der Waals surface area contributed by atoms with Crippen LogP contribution >= 0.6 is 0 Å². The number of fused-ring (bicyclic) bond motifs is 1. The normalized spacial score (nSPS) is 14.3. The van der Waals surface area contributed by atoms with Gasteiger partial charge in [-0.15, -0.1) is 0 Å². The van der Waals surface area contributed by atoms with Crippen molar-refractivity contribution in [2.24, 2.45) is 0 Å². The molecule has 0 unspecified atom stereocenters. The topological polar surface area (TPSA) is 73.7 Å². The number of morpholine rings is 1. The molecule has 0 bridgehead atoms. The molecule has 0 aliphatic carbocycles. The highest BCUT2D eigenvalue weighted by Gasteiger charge is 2.24. The first-order valence-corrected chi connectivity index (χ1v) is 8.72. The first-order valence-electron chi connectivity index (χ1n) is 8.72. The van der Waals surface area contributed by atoms with Crippen molar-refractivity contribution >= 4 is 16.7 Å². The average Bonchev–Trinajstić information content (AvgIpc) is 2.74. The van der Waals surface area contributed by atoms with Gasteiger partial charge in [-0.25, -0.2) is 0 Å². The van der Waals surface area contributed by atoms with Gasteiger partial charge in [-0.05, 0) is 30.3 Å². The number of carbonyl (C=O) groups is 1. The summed E-state index contributed by atoms with van der Waals surface area (Å²) in [7, 11) is 1.58. The van der Waals surface area contributed by atoms with E-state index in [-0.39, 0.29) is 17.2 Å². The molecule has 1 aliphatic rings. The number of methoxy groups -OCH3 is 1. The van der Waals surface area contributed by atoms with Gasteiger partial charge >= 0.3 is 0 Å². The van der Waals surface area contributed by atoms with Crippen molar-refractivity contribution in [2.75, 3.05) is 33.4 Å². The van der Waals surface area contributed by atoms with Crippen LogP contribution in [0.15, 0.2) is 53.3 Å². The van der Waals surface area contributed by atoms with Gasteiger partial charge in [0.05, 0.1) is 31.4 Å². The second-order valence-corrected chi connectivity index (χ2v) is 6.21. The van der Waals surface area contributed by atoms with E-state index in [1.807, 2.05) is 0 Å². The number of rotatable bonds is 3. The molecule has 2 aromatic carbocycles. The lowest BCUT2D eigenvalue weighted by Gasteiger charge is -2.27. The molecular weight excluding hydrogens is 346 g/mol. The van der Waals surface area contributed by atoms with E-state index in [4.69, 9.17) is 9.47 Å². The Labute approximate surface area is 155 Å². The molecule has 1 aliphatic heterocycles. The van der Waals surface area contributed by atoms with Crippen LogP contribution in [0, 0.1) is 0 Å². The number of aromatic nitrogens is 2. The van der Waals surface area contributed by atoms with Crippen molar-refractivity contribution < 1.29 is 14.3 Å². The minimum atomic E-state index is -0.269. The molecular formula is C20H19N3O4. The van der Waals surface area contributed by atoms with Gasteiger partial charge in [-0.2, -0.15) is 9.78 Å². The molecule has 1 aromatic heterocycles. The minimum absolute atomic E-state index is 0.197. The van der Waals surface area contributed by atoms with E-state index >= 15 is 0 Å². The summed E-state index contributed by atoms with van der Waals surface area (Å²) in [6.07, 6.45) is 0. The Hall–Kier alpha value is -3.19. The summed E-state index contributed by atoms with van der Waals surface area (Å²) in [6, 6.07) is 14.0. The second-order valence-electron chi connectivity index (χ2n) is 6.21. The quantitative estimate of drug-likeness (QED) is 0.708. The third-order valence-electron chi connectivity index (χ3n) is 4.62. The summed E-state index contributed by atoms with van der Waals surface area (Å²) in [5, 5.41) is 5.45. The highest BCUT2D eigenvalue weighted by molar-refractivity contribution is 6.04. The van der Waals surface area contributed by atoms with Gasteiger partial charge in [-0.1, -0.05) is 18.2 Å². The predicted molar refractivity (Wildman–Crippen MR) is 101 cm³/mol. The lowest BCUT2D eigenvalue weighted by molar-refractivity contribution is 0.0299. The fourth-order valence-electron chi connectivity index (χ4n) is 3.16. The largest absolute Gasteiger partial charge is 0.497 e. The first kappa shape index (κ1) is 17.2. The van der Waals surface area contributed by atoms with Gasteiger partial charge in [0.15, 0.2) is 5.69 Å². The van der Waals surface area contributed by atoms with E-state index < -0.39 is 0 Å². The van der Waals surface area contributed by atoms with Crippen LogP contribution in [0.2, 0.25) is 0 Å². The molecule has 3 aromatic rings. The maximum Gasteiger partial charge on any atom is 0.279 e. The average molecular weight is 365 g/mol. The van der Waals surface area contributed by atoms with E-state index in [1.165, 1.54) is 4.68 Å². The zero-order valence-corrected chi connectivity index (χ0v) is 14.9. The number of benzene rings is 2. The Morgan fingerprint density at radius 2 is 1.70 bits per heavy atom. The van der Waals surface area contributed by atoms with Crippen LogP contribution < -0.4 is 10.3 Å². The van der Waals surface area contributed by atoms with Crippen molar-refractivity contribution in [1.29, 1.82) is 0 Å². The summed E-state index contributed by atoms with van der Waals surface area (Å²) >= 11 is 0. The van der Waals surface area contributed by atoms with E-state index in [2.05, 4.69) is 5.10 Å². The molecule has 7 heteroatoms.